The number of ether oxygens (including phenoxy) is 2. The molecule has 33 heavy (non-hydrogen) atoms. The molecule has 2 heterocycles. The summed E-state index contributed by atoms with van der Waals surface area (Å²) in [6.07, 6.45) is 1.44. The van der Waals surface area contributed by atoms with Crippen LogP contribution in [0.3, 0.4) is 0 Å². The maximum Gasteiger partial charge on any atom is 0.248 e. The van der Waals surface area contributed by atoms with E-state index in [9.17, 15) is 18.8 Å². The van der Waals surface area contributed by atoms with Gasteiger partial charge in [0.15, 0.2) is 0 Å². The van der Waals surface area contributed by atoms with Gasteiger partial charge in [-0.2, -0.15) is 5.26 Å². The molecule has 1 aliphatic carbocycles. The third-order valence-electron chi connectivity index (χ3n) is 6.12. The number of nitrogens with zero attached hydrogens (tertiary/aromatic N) is 3. The number of alkyl halides is 2. The molecular formula is C24H24F2N4O3. The zero-order chi connectivity index (χ0) is 23.9. The van der Waals surface area contributed by atoms with E-state index in [-0.39, 0.29) is 37.7 Å². The first-order valence-corrected chi connectivity index (χ1v) is 10.5. The number of halogens is 2. The van der Waals surface area contributed by atoms with Crippen molar-refractivity contribution in [1.29, 1.82) is 5.26 Å². The zero-order valence-electron chi connectivity index (χ0n) is 18.6. The molecule has 0 unspecified atom stereocenters. The van der Waals surface area contributed by atoms with E-state index in [0.29, 0.717) is 33.8 Å². The summed E-state index contributed by atoms with van der Waals surface area (Å²) in [5, 5.41) is 9.26. The van der Waals surface area contributed by atoms with Gasteiger partial charge in [-0.1, -0.05) is 0 Å². The SMILES string of the molecule is COc1cc(C#N)ccc1N1C(C)=C(C(N)=O)Cc2c(OCC3CC(F)(F)C3)ncc(C)c21. The van der Waals surface area contributed by atoms with Crippen LogP contribution in [0.2, 0.25) is 0 Å². The zero-order valence-corrected chi connectivity index (χ0v) is 18.6. The molecule has 2 aliphatic rings. The lowest BCUT2D eigenvalue weighted by Crippen LogP contribution is -2.38. The summed E-state index contributed by atoms with van der Waals surface area (Å²) >= 11 is 0. The molecule has 0 atom stereocenters. The second kappa shape index (κ2) is 8.35. The number of hydrogen-bond donors (Lipinski definition) is 1. The first-order valence-electron chi connectivity index (χ1n) is 10.5. The smallest absolute Gasteiger partial charge is 0.248 e. The standard InChI is InChI=1S/C24H24F2N4O3/c1-13-11-29-23(33-12-16-8-24(25,26)9-16)18-7-17(22(28)31)14(2)30(21(13)18)19-5-4-15(10-27)6-20(19)32-3/h4-6,11,16H,7-9,12H2,1-3H3,(H2,28,31). The summed E-state index contributed by atoms with van der Waals surface area (Å²) in [5.41, 5.74) is 9.96. The van der Waals surface area contributed by atoms with Gasteiger partial charge in [0.1, 0.15) is 5.75 Å². The van der Waals surface area contributed by atoms with Crippen LogP contribution in [-0.2, 0) is 11.2 Å². The fourth-order valence-corrected chi connectivity index (χ4v) is 4.43. The third kappa shape index (κ3) is 4.09. The number of nitriles is 1. The number of carbonyl (C=O) groups excluding carboxylic acids is 1. The van der Waals surface area contributed by atoms with Gasteiger partial charge in [-0.15, -0.1) is 0 Å². The van der Waals surface area contributed by atoms with E-state index in [2.05, 4.69) is 11.1 Å². The number of amides is 1. The van der Waals surface area contributed by atoms with E-state index in [1.54, 1.807) is 31.3 Å². The van der Waals surface area contributed by atoms with Gasteiger partial charge in [-0.3, -0.25) is 4.79 Å². The fourth-order valence-electron chi connectivity index (χ4n) is 4.43. The number of nitrogens with two attached hydrogens (primary N) is 1. The molecule has 1 aromatic carbocycles. The average Bonchev–Trinajstić information content (AvgIpc) is 2.76. The van der Waals surface area contributed by atoms with E-state index in [1.807, 2.05) is 11.8 Å². The number of hydrogen-bond acceptors (Lipinski definition) is 6. The van der Waals surface area contributed by atoms with Gasteiger partial charge < -0.3 is 20.1 Å². The summed E-state index contributed by atoms with van der Waals surface area (Å²) in [6.45, 7) is 3.79. The van der Waals surface area contributed by atoms with E-state index >= 15 is 0 Å². The summed E-state index contributed by atoms with van der Waals surface area (Å²) in [7, 11) is 1.50. The van der Waals surface area contributed by atoms with Crippen molar-refractivity contribution in [2.75, 3.05) is 18.6 Å². The molecule has 1 aliphatic heterocycles. The molecule has 9 heteroatoms. The molecule has 1 fully saturated rings. The number of pyridine rings is 1. The lowest BCUT2D eigenvalue weighted by molar-refractivity contribution is -0.119. The molecule has 0 saturated heterocycles. The van der Waals surface area contributed by atoms with Crippen molar-refractivity contribution in [2.45, 2.75) is 39.0 Å². The van der Waals surface area contributed by atoms with Gasteiger partial charge in [-0.05, 0) is 31.5 Å². The number of benzene rings is 1. The van der Waals surface area contributed by atoms with Gasteiger partial charge in [0.2, 0.25) is 17.7 Å². The monoisotopic (exact) mass is 454 g/mol. The number of primary amides is 1. The van der Waals surface area contributed by atoms with Crippen molar-refractivity contribution in [1.82, 2.24) is 4.98 Å². The summed E-state index contributed by atoms with van der Waals surface area (Å²) in [5.74, 6) is -2.72. The van der Waals surface area contributed by atoms with Crippen molar-refractivity contribution in [3.63, 3.8) is 0 Å². The van der Waals surface area contributed by atoms with Gasteiger partial charge >= 0.3 is 0 Å². The van der Waals surface area contributed by atoms with Crippen LogP contribution in [-0.4, -0.2) is 30.5 Å². The Hall–Kier alpha value is -3.67. The summed E-state index contributed by atoms with van der Waals surface area (Å²) in [4.78, 5) is 18.6. The van der Waals surface area contributed by atoms with Crippen LogP contribution in [0, 0.1) is 24.2 Å². The van der Waals surface area contributed by atoms with Crippen LogP contribution < -0.4 is 20.1 Å². The van der Waals surface area contributed by atoms with Crippen LogP contribution in [0.25, 0.3) is 0 Å². The Balaban J connectivity index is 1.81. The Labute approximate surface area is 190 Å². The minimum Gasteiger partial charge on any atom is -0.495 e. The Morgan fingerprint density at radius 3 is 2.70 bits per heavy atom. The Bertz CT molecular complexity index is 1190. The molecule has 0 spiro atoms. The lowest BCUT2D eigenvalue weighted by atomic mass is 9.82. The highest BCUT2D eigenvalue weighted by Gasteiger charge is 2.45. The van der Waals surface area contributed by atoms with Gasteiger partial charge in [0.05, 0.1) is 36.7 Å². The molecule has 7 nitrogen and oxygen atoms in total. The molecule has 1 saturated carbocycles. The predicted octanol–water partition coefficient (Wildman–Crippen LogP) is 4.15. The number of anilines is 2. The first-order chi connectivity index (χ1) is 15.6. The van der Waals surface area contributed by atoms with Crippen molar-refractivity contribution in [3.8, 4) is 17.7 Å². The number of allylic oxidation sites excluding steroid dienone is 1. The molecule has 1 aromatic heterocycles. The third-order valence-corrected chi connectivity index (χ3v) is 6.12. The highest BCUT2D eigenvalue weighted by Crippen LogP contribution is 2.47. The molecule has 0 radical (unpaired) electrons. The van der Waals surface area contributed by atoms with Gasteiger partial charge in [0, 0.05) is 54.3 Å². The molecule has 0 bridgehead atoms. The quantitative estimate of drug-likeness (QED) is 0.704. The van der Waals surface area contributed by atoms with Crippen LogP contribution >= 0.6 is 0 Å². The number of carbonyl (C=O) groups is 1. The van der Waals surface area contributed by atoms with Crippen molar-refractivity contribution >= 4 is 17.3 Å². The largest absolute Gasteiger partial charge is 0.495 e. The van der Waals surface area contributed by atoms with Crippen LogP contribution in [0.5, 0.6) is 11.6 Å². The Morgan fingerprint density at radius 2 is 2.09 bits per heavy atom. The normalized spacial score (nSPS) is 17.2. The number of aryl methyl sites for hydroxylation is 1. The van der Waals surface area contributed by atoms with E-state index in [1.165, 1.54) is 7.11 Å². The number of fused-ring (bicyclic) bond motifs is 1. The van der Waals surface area contributed by atoms with Crippen LogP contribution in [0.1, 0.15) is 36.5 Å². The molecule has 2 N–H and O–H groups in total. The molecule has 4 rings (SSSR count). The van der Waals surface area contributed by atoms with E-state index < -0.39 is 11.8 Å². The lowest BCUT2D eigenvalue weighted by Gasteiger charge is -2.37. The van der Waals surface area contributed by atoms with Crippen LogP contribution in [0.15, 0.2) is 35.7 Å². The summed E-state index contributed by atoms with van der Waals surface area (Å²) < 4.78 is 37.9. The first kappa shape index (κ1) is 22.5. The van der Waals surface area contributed by atoms with Gasteiger partial charge in [-0.25, -0.2) is 13.8 Å². The second-order valence-corrected chi connectivity index (χ2v) is 8.45. The summed E-state index contributed by atoms with van der Waals surface area (Å²) in [6, 6.07) is 7.10. The maximum absolute atomic E-state index is 13.2. The average molecular weight is 454 g/mol. The number of methoxy groups -OCH3 is 1. The van der Waals surface area contributed by atoms with E-state index in [0.717, 1.165) is 11.3 Å². The Morgan fingerprint density at radius 1 is 1.36 bits per heavy atom. The van der Waals surface area contributed by atoms with Crippen molar-refractivity contribution in [3.05, 3.63) is 52.4 Å². The fraction of sp³-hybridized carbons (Fsp3) is 0.375. The number of rotatable bonds is 6. The molecule has 1 amide bonds. The van der Waals surface area contributed by atoms with Crippen molar-refractivity contribution < 1.29 is 23.0 Å². The number of aromatic nitrogens is 1. The highest BCUT2D eigenvalue weighted by molar-refractivity contribution is 5.97. The Kier molecular flexibility index (Phi) is 5.70. The molecule has 172 valence electrons. The second-order valence-electron chi connectivity index (χ2n) is 8.45. The molecule has 2 aromatic rings. The predicted molar refractivity (Wildman–Crippen MR) is 118 cm³/mol. The van der Waals surface area contributed by atoms with Crippen LogP contribution in [0.4, 0.5) is 20.2 Å². The maximum atomic E-state index is 13.2. The minimum absolute atomic E-state index is 0.118. The van der Waals surface area contributed by atoms with E-state index in [4.69, 9.17) is 15.2 Å². The van der Waals surface area contributed by atoms with Crippen molar-refractivity contribution in [2.24, 2.45) is 11.7 Å². The minimum atomic E-state index is -2.63. The topological polar surface area (TPSA) is 101 Å². The van der Waals surface area contributed by atoms with Gasteiger partial charge in [0.25, 0.3) is 0 Å². The highest BCUT2D eigenvalue weighted by atomic mass is 19.3. The molecular weight excluding hydrogens is 430 g/mol.